The second kappa shape index (κ2) is 4.46. The topological polar surface area (TPSA) is 54.7 Å². The van der Waals surface area contributed by atoms with Gasteiger partial charge in [0.2, 0.25) is 0 Å². The second-order valence-corrected chi connectivity index (χ2v) is 6.47. The third-order valence-corrected chi connectivity index (χ3v) is 4.27. The molecule has 3 nitrogen and oxygen atoms in total. The number of imidazole rings is 1. The number of halogens is 1. The fourth-order valence-corrected chi connectivity index (χ4v) is 3.21. The van der Waals surface area contributed by atoms with Crippen molar-refractivity contribution in [3.63, 3.8) is 0 Å². The molecule has 2 aromatic rings. The molecule has 0 saturated carbocycles. The van der Waals surface area contributed by atoms with Crippen LogP contribution < -0.4 is 5.73 Å². The largest absolute Gasteiger partial charge is 0.344 e. The normalized spacial score (nSPS) is 16.0. The van der Waals surface area contributed by atoms with E-state index in [1.807, 2.05) is 6.92 Å². The van der Waals surface area contributed by atoms with Crippen molar-refractivity contribution >= 4 is 15.9 Å². The van der Waals surface area contributed by atoms with Crippen LogP contribution in [-0.4, -0.2) is 9.97 Å². The van der Waals surface area contributed by atoms with Crippen LogP contribution in [0.1, 0.15) is 43.8 Å². The molecule has 1 heterocycles. The third kappa shape index (κ3) is 2.13. The highest BCUT2D eigenvalue weighted by Gasteiger charge is 2.29. The van der Waals surface area contributed by atoms with Gasteiger partial charge in [0, 0.05) is 22.2 Å². The summed E-state index contributed by atoms with van der Waals surface area (Å²) >= 11 is 3.51. The number of aromatic nitrogens is 2. The molecule has 1 aromatic heterocycles. The summed E-state index contributed by atoms with van der Waals surface area (Å²) in [5.74, 6) is 0.910. The molecule has 1 unspecified atom stereocenters. The minimum Gasteiger partial charge on any atom is -0.344 e. The highest BCUT2D eigenvalue weighted by atomic mass is 79.9. The summed E-state index contributed by atoms with van der Waals surface area (Å²) in [6.07, 6.45) is 2.91. The van der Waals surface area contributed by atoms with E-state index in [-0.39, 0.29) is 5.54 Å². The van der Waals surface area contributed by atoms with Crippen molar-refractivity contribution < 1.29 is 0 Å². The number of aromatic amines is 1. The predicted octanol–water partition coefficient (Wildman–Crippen LogP) is 3.72. The smallest absolute Gasteiger partial charge is 0.126 e. The van der Waals surface area contributed by atoms with Gasteiger partial charge >= 0.3 is 0 Å². The Morgan fingerprint density at radius 2 is 2.26 bits per heavy atom. The number of H-pyrrole nitrogens is 1. The van der Waals surface area contributed by atoms with Crippen LogP contribution >= 0.6 is 15.9 Å². The van der Waals surface area contributed by atoms with E-state index in [9.17, 15) is 0 Å². The number of benzene rings is 1. The fourth-order valence-electron chi connectivity index (χ4n) is 2.80. The van der Waals surface area contributed by atoms with Gasteiger partial charge in [-0.25, -0.2) is 4.98 Å². The first kappa shape index (κ1) is 12.9. The maximum Gasteiger partial charge on any atom is 0.126 e. The SMILES string of the molecule is CCCC(C)(N)c1nc2c([nH]1)Cc1cc(Br)ccc1-2. The summed E-state index contributed by atoms with van der Waals surface area (Å²) in [6, 6.07) is 6.36. The molecule has 0 spiro atoms. The maximum atomic E-state index is 6.35. The van der Waals surface area contributed by atoms with Gasteiger partial charge in [-0.15, -0.1) is 0 Å². The number of nitrogens with two attached hydrogens (primary N) is 1. The number of hydrogen-bond donors (Lipinski definition) is 2. The van der Waals surface area contributed by atoms with Gasteiger partial charge in [-0.3, -0.25) is 0 Å². The predicted molar refractivity (Wildman–Crippen MR) is 81.0 cm³/mol. The van der Waals surface area contributed by atoms with Gasteiger partial charge < -0.3 is 10.7 Å². The van der Waals surface area contributed by atoms with E-state index in [4.69, 9.17) is 10.7 Å². The quantitative estimate of drug-likeness (QED) is 0.773. The fraction of sp³-hybridized carbons (Fsp3) is 0.400. The third-order valence-electron chi connectivity index (χ3n) is 3.78. The van der Waals surface area contributed by atoms with Gasteiger partial charge in [-0.05, 0) is 31.0 Å². The van der Waals surface area contributed by atoms with Crippen molar-refractivity contribution in [2.75, 3.05) is 0 Å². The molecule has 0 aliphatic heterocycles. The van der Waals surface area contributed by atoms with Crippen molar-refractivity contribution in [2.45, 2.75) is 38.6 Å². The van der Waals surface area contributed by atoms with E-state index < -0.39 is 0 Å². The standard InChI is InChI=1S/C15H18BrN3/c1-3-6-15(2,17)14-18-12-8-9-7-10(16)4-5-11(9)13(12)19-14/h4-5,7H,3,6,8,17H2,1-2H3,(H,18,19). The summed E-state index contributed by atoms with van der Waals surface area (Å²) in [5, 5.41) is 0. The Balaban J connectivity index is 2.02. The molecule has 3 N–H and O–H groups in total. The zero-order chi connectivity index (χ0) is 13.6. The molecule has 0 bridgehead atoms. The highest BCUT2D eigenvalue weighted by Crippen LogP contribution is 2.37. The molecule has 1 aliphatic carbocycles. The molecule has 1 aromatic carbocycles. The Labute approximate surface area is 121 Å². The Kier molecular flexibility index (Phi) is 3.02. The minimum absolute atomic E-state index is 0.366. The molecule has 100 valence electrons. The lowest BCUT2D eigenvalue weighted by Crippen LogP contribution is -2.34. The molecule has 0 radical (unpaired) electrons. The van der Waals surface area contributed by atoms with Crippen molar-refractivity contribution in [2.24, 2.45) is 5.73 Å². The first-order chi connectivity index (χ1) is 9.01. The van der Waals surface area contributed by atoms with Gasteiger partial charge in [-0.2, -0.15) is 0 Å². The molecular weight excluding hydrogens is 302 g/mol. The molecule has 1 atom stereocenters. The van der Waals surface area contributed by atoms with E-state index in [0.29, 0.717) is 0 Å². The lowest BCUT2D eigenvalue weighted by atomic mass is 9.97. The number of rotatable bonds is 3. The van der Waals surface area contributed by atoms with Crippen LogP contribution in [-0.2, 0) is 12.0 Å². The van der Waals surface area contributed by atoms with Crippen LogP contribution in [0.5, 0.6) is 0 Å². The molecule has 0 saturated heterocycles. The summed E-state index contributed by atoms with van der Waals surface area (Å²) in [6.45, 7) is 4.20. The zero-order valence-corrected chi connectivity index (χ0v) is 12.8. The van der Waals surface area contributed by atoms with Crippen molar-refractivity contribution in [1.82, 2.24) is 9.97 Å². The molecule has 0 amide bonds. The molecule has 0 fully saturated rings. The van der Waals surface area contributed by atoms with Gasteiger partial charge in [0.15, 0.2) is 0 Å². The lowest BCUT2D eigenvalue weighted by molar-refractivity contribution is 0.423. The average molecular weight is 320 g/mol. The average Bonchev–Trinajstić information content (AvgIpc) is 2.85. The minimum atomic E-state index is -0.366. The summed E-state index contributed by atoms with van der Waals surface area (Å²) in [7, 11) is 0. The number of fused-ring (bicyclic) bond motifs is 3. The van der Waals surface area contributed by atoms with Crippen molar-refractivity contribution in [3.8, 4) is 11.3 Å². The second-order valence-electron chi connectivity index (χ2n) is 5.56. The van der Waals surface area contributed by atoms with Gasteiger partial charge in [0.25, 0.3) is 0 Å². The van der Waals surface area contributed by atoms with Crippen LogP contribution in [0.25, 0.3) is 11.3 Å². The molecule has 1 aliphatic rings. The summed E-state index contributed by atoms with van der Waals surface area (Å²) in [5.41, 5.74) is 10.8. The van der Waals surface area contributed by atoms with Gasteiger partial charge in [-0.1, -0.05) is 35.3 Å². The van der Waals surface area contributed by atoms with E-state index in [0.717, 1.165) is 35.3 Å². The van der Waals surface area contributed by atoms with Crippen LogP contribution in [0.4, 0.5) is 0 Å². The van der Waals surface area contributed by atoms with E-state index in [2.05, 4.69) is 46.0 Å². The van der Waals surface area contributed by atoms with Crippen molar-refractivity contribution in [3.05, 3.63) is 39.8 Å². The Bertz CT molecular complexity index is 628. The maximum absolute atomic E-state index is 6.35. The molecule has 3 rings (SSSR count). The van der Waals surface area contributed by atoms with Crippen LogP contribution in [0.2, 0.25) is 0 Å². The van der Waals surface area contributed by atoms with E-state index in [1.165, 1.54) is 16.8 Å². The highest BCUT2D eigenvalue weighted by molar-refractivity contribution is 9.10. The summed E-state index contributed by atoms with van der Waals surface area (Å²) < 4.78 is 1.12. The first-order valence-electron chi connectivity index (χ1n) is 6.68. The summed E-state index contributed by atoms with van der Waals surface area (Å²) in [4.78, 5) is 8.19. The van der Waals surface area contributed by atoms with Crippen LogP contribution in [0, 0.1) is 0 Å². The van der Waals surface area contributed by atoms with Gasteiger partial charge in [0.1, 0.15) is 5.82 Å². The molecule has 4 heteroatoms. The van der Waals surface area contributed by atoms with E-state index in [1.54, 1.807) is 0 Å². The molecular formula is C15H18BrN3. The first-order valence-corrected chi connectivity index (χ1v) is 7.47. The number of nitrogens with one attached hydrogen (secondary N) is 1. The van der Waals surface area contributed by atoms with Gasteiger partial charge in [0.05, 0.1) is 11.2 Å². The zero-order valence-electron chi connectivity index (χ0n) is 11.3. The number of hydrogen-bond acceptors (Lipinski definition) is 2. The Hall–Kier alpha value is -1.13. The van der Waals surface area contributed by atoms with Crippen molar-refractivity contribution in [1.29, 1.82) is 0 Å². The lowest BCUT2D eigenvalue weighted by Gasteiger charge is -2.21. The van der Waals surface area contributed by atoms with Crippen LogP contribution in [0.15, 0.2) is 22.7 Å². The molecule has 19 heavy (non-hydrogen) atoms. The number of nitrogens with zero attached hydrogens (tertiary/aromatic N) is 1. The Morgan fingerprint density at radius 1 is 1.47 bits per heavy atom. The van der Waals surface area contributed by atoms with E-state index >= 15 is 0 Å². The monoisotopic (exact) mass is 319 g/mol. The van der Waals surface area contributed by atoms with Crippen LogP contribution in [0.3, 0.4) is 0 Å². The Morgan fingerprint density at radius 3 is 3.00 bits per heavy atom.